The van der Waals surface area contributed by atoms with Gasteiger partial charge in [0, 0.05) is 29.6 Å². The number of hydrogen-bond acceptors (Lipinski definition) is 6. The van der Waals surface area contributed by atoms with Crippen LogP contribution in [0.25, 0.3) is 0 Å². The number of aliphatic hydroxyl groups is 3. The summed E-state index contributed by atoms with van der Waals surface area (Å²) in [5.41, 5.74) is -1.65. The monoisotopic (exact) mass is 392 g/mol. The van der Waals surface area contributed by atoms with E-state index in [0.717, 1.165) is 0 Å². The van der Waals surface area contributed by atoms with Gasteiger partial charge in [0.25, 0.3) is 0 Å². The molecule has 0 heterocycles. The van der Waals surface area contributed by atoms with Crippen LogP contribution in [0.1, 0.15) is 53.4 Å². The summed E-state index contributed by atoms with van der Waals surface area (Å²) < 4.78 is 5.76. The van der Waals surface area contributed by atoms with E-state index >= 15 is 0 Å². The molecule has 156 valence electrons. The molecule has 2 bridgehead atoms. The lowest BCUT2D eigenvalue weighted by Gasteiger charge is -2.67. The van der Waals surface area contributed by atoms with Crippen LogP contribution in [0.3, 0.4) is 0 Å². The van der Waals surface area contributed by atoms with E-state index in [9.17, 15) is 24.9 Å². The number of carbonyl (C=O) groups excluding carboxylic acids is 2. The molecule has 4 rings (SSSR count). The molecule has 0 saturated heterocycles. The SMILES string of the molecule is C=C1C(=O)[C@]23C[C@H]1C[C@H](O)[C@H]2[C@]1(C)C[C@H](O)[C@H](O)C(C)(C)[C@H]1[C@@H](OC(C)=O)C3. The highest BCUT2D eigenvalue weighted by atomic mass is 16.5. The minimum absolute atomic E-state index is 0.0192. The second-order valence-corrected chi connectivity index (χ2v) is 10.6. The Morgan fingerprint density at radius 1 is 1.07 bits per heavy atom. The number of rotatable bonds is 1. The van der Waals surface area contributed by atoms with Gasteiger partial charge in [0.2, 0.25) is 0 Å². The Hall–Kier alpha value is -1.24. The molecule has 9 atom stereocenters. The zero-order valence-corrected chi connectivity index (χ0v) is 17.1. The number of Topliss-reactive ketones (excluding diaryl/α,β-unsaturated/α-hetero) is 1. The van der Waals surface area contributed by atoms with E-state index in [1.807, 2.05) is 20.8 Å². The molecule has 0 unspecified atom stereocenters. The summed E-state index contributed by atoms with van der Waals surface area (Å²) in [6.45, 7) is 11.1. The number of esters is 1. The first-order valence-corrected chi connectivity index (χ1v) is 10.3. The van der Waals surface area contributed by atoms with Crippen molar-refractivity contribution in [1.82, 2.24) is 0 Å². The normalized spacial score (nSPS) is 52.0. The van der Waals surface area contributed by atoms with Crippen LogP contribution in [-0.2, 0) is 14.3 Å². The van der Waals surface area contributed by atoms with E-state index < -0.39 is 46.6 Å². The number of allylic oxidation sites excluding steroid dienone is 1. The van der Waals surface area contributed by atoms with Gasteiger partial charge < -0.3 is 20.1 Å². The van der Waals surface area contributed by atoms with Crippen LogP contribution < -0.4 is 0 Å². The van der Waals surface area contributed by atoms with Crippen molar-refractivity contribution in [2.45, 2.75) is 77.8 Å². The zero-order chi connectivity index (χ0) is 20.8. The number of aliphatic hydroxyl groups excluding tert-OH is 3. The summed E-state index contributed by atoms with van der Waals surface area (Å²) in [5, 5.41) is 32.6. The molecule has 4 aliphatic rings. The lowest BCUT2D eigenvalue weighted by molar-refractivity contribution is -0.265. The van der Waals surface area contributed by atoms with E-state index in [-0.39, 0.29) is 30.0 Å². The fraction of sp³-hybridized carbons (Fsp3) is 0.818. The average molecular weight is 392 g/mol. The maximum absolute atomic E-state index is 13.4. The van der Waals surface area contributed by atoms with Gasteiger partial charge in [0.15, 0.2) is 5.78 Å². The Kier molecular flexibility index (Phi) is 4.22. The summed E-state index contributed by atoms with van der Waals surface area (Å²) in [7, 11) is 0. The largest absolute Gasteiger partial charge is 0.462 e. The number of fused-ring (bicyclic) bond motifs is 3. The number of ether oxygens (including phenoxy) is 1. The lowest BCUT2D eigenvalue weighted by atomic mass is 9.39. The molecule has 0 aromatic rings. The molecule has 0 amide bonds. The number of carbonyl (C=O) groups is 2. The Bertz CT molecular complexity index is 743. The van der Waals surface area contributed by atoms with Crippen LogP contribution in [0.4, 0.5) is 0 Å². The van der Waals surface area contributed by atoms with Crippen LogP contribution in [0, 0.1) is 34.0 Å². The predicted octanol–water partition coefficient (Wildman–Crippen LogP) is 1.61. The van der Waals surface area contributed by atoms with Crippen LogP contribution in [0.2, 0.25) is 0 Å². The summed E-state index contributed by atoms with van der Waals surface area (Å²) in [5.74, 6) is -1.12. The van der Waals surface area contributed by atoms with E-state index in [0.29, 0.717) is 24.8 Å². The van der Waals surface area contributed by atoms with E-state index in [4.69, 9.17) is 4.74 Å². The lowest BCUT2D eigenvalue weighted by Crippen LogP contribution is -2.70. The molecule has 6 nitrogen and oxygen atoms in total. The highest BCUT2D eigenvalue weighted by molar-refractivity contribution is 6.03. The first-order valence-electron chi connectivity index (χ1n) is 10.3. The topological polar surface area (TPSA) is 104 Å². The van der Waals surface area contributed by atoms with Crippen molar-refractivity contribution in [2.75, 3.05) is 0 Å². The quantitative estimate of drug-likeness (QED) is 0.463. The highest BCUT2D eigenvalue weighted by Gasteiger charge is 2.73. The van der Waals surface area contributed by atoms with Crippen molar-refractivity contribution in [3.8, 4) is 0 Å². The van der Waals surface area contributed by atoms with Crippen LogP contribution in [0.15, 0.2) is 12.2 Å². The number of ketones is 1. The van der Waals surface area contributed by atoms with Gasteiger partial charge in [-0.2, -0.15) is 0 Å². The molecule has 4 aliphatic carbocycles. The van der Waals surface area contributed by atoms with Gasteiger partial charge >= 0.3 is 5.97 Å². The van der Waals surface area contributed by atoms with Gasteiger partial charge in [-0.25, -0.2) is 0 Å². The van der Waals surface area contributed by atoms with Crippen molar-refractivity contribution >= 4 is 11.8 Å². The third-order valence-corrected chi connectivity index (χ3v) is 8.61. The van der Waals surface area contributed by atoms with Crippen LogP contribution in [-0.4, -0.2) is 51.5 Å². The molecular formula is C22H32O6. The van der Waals surface area contributed by atoms with Gasteiger partial charge in [-0.3, -0.25) is 9.59 Å². The van der Waals surface area contributed by atoms with Crippen LogP contribution in [0.5, 0.6) is 0 Å². The van der Waals surface area contributed by atoms with Gasteiger partial charge in [0.05, 0.1) is 18.3 Å². The molecule has 3 N–H and O–H groups in total. The third kappa shape index (κ3) is 2.31. The van der Waals surface area contributed by atoms with Gasteiger partial charge in [-0.15, -0.1) is 0 Å². The van der Waals surface area contributed by atoms with E-state index in [2.05, 4.69) is 6.58 Å². The summed E-state index contributed by atoms with van der Waals surface area (Å²) in [4.78, 5) is 25.3. The van der Waals surface area contributed by atoms with Gasteiger partial charge in [0.1, 0.15) is 6.10 Å². The predicted molar refractivity (Wildman–Crippen MR) is 101 cm³/mol. The summed E-state index contributed by atoms with van der Waals surface area (Å²) in [6, 6.07) is 0. The third-order valence-electron chi connectivity index (χ3n) is 8.61. The van der Waals surface area contributed by atoms with Gasteiger partial charge in [-0.1, -0.05) is 27.4 Å². The molecule has 0 aromatic carbocycles. The molecule has 4 fully saturated rings. The Morgan fingerprint density at radius 3 is 2.32 bits per heavy atom. The van der Waals surface area contributed by atoms with Crippen LogP contribution >= 0.6 is 0 Å². The fourth-order valence-corrected chi connectivity index (χ4v) is 8.07. The van der Waals surface area contributed by atoms with E-state index in [1.54, 1.807) is 0 Å². The molecule has 0 aromatic heterocycles. The molecule has 28 heavy (non-hydrogen) atoms. The van der Waals surface area contributed by atoms with Gasteiger partial charge in [-0.05, 0) is 42.6 Å². The fourth-order valence-electron chi connectivity index (χ4n) is 8.07. The second kappa shape index (κ2) is 5.89. The summed E-state index contributed by atoms with van der Waals surface area (Å²) in [6.07, 6.45) is -1.47. The molecule has 1 spiro atoms. The van der Waals surface area contributed by atoms with Crippen molar-refractivity contribution in [3.05, 3.63) is 12.2 Å². The maximum Gasteiger partial charge on any atom is 0.302 e. The highest BCUT2D eigenvalue weighted by Crippen LogP contribution is 2.71. The Morgan fingerprint density at radius 2 is 1.71 bits per heavy atom. The van der Waals surface area contributed by atoms with Crippen molar-refractivity contribution in [1.29, 1.82) is 0 Å². The van der Waals surface area contributed by atoms with Crippen molar-refractivity contribution < 1.29 is 29.6 Å². The minimum Gasteiger partial charge on any atom is -0.462 e. The molecular weight excluding hydrogens is 360 g/mol. The molecule has 4 saturated carbocycles. The number of hydrogen-bond donors (Lipinski definition) is 3. The zero-order valence-electron chi connectivity index (χ0n) is 17.1. The first-order chi connectivity index (χ1) is 12.9. The molecule has 6 heteroatoms. The average Bonchev–Trinajstić information content (AvgIpc) is 2.72. The Balaban J connectivity index is 1.91. The van der Waals surface area contributed by atoms with Crippen molar-refractivity contribution in [2.24, 2.45) is 34.0 Å². The molecule has 0 aliphatic heterocycles. The smallest absolute Gasteiger partial charge is 0.302 e. The standard InChI is InChI=1S/C22H32O6/c1-10-12-6-13(24)16-21(5)8-14(25)19(27)20(3,4)17(21)15(28-11(2)23)9-22(16,7-12)18(10)26/h12-17,19,24-25,27H,1,6-9H2,2-5H3/t12-,13+,14+,15+,16+,17-,19+,21+,22+/m1/s1. The maximum atomic E-state index is 13.4. The van der Waals surface area contributed by atoms with Crippen molar-refractivity contribution in [3.63, 3.8) is 0 Å². The molecule has 0 radical (unpaired) electrons. The first kappa shape index (κ1) is 20.0. The minimum atomic E-state index is -0.972. The Labute approximate surface area is 166 Å². The second-order valence-electron chi connectivity index (χ2n) is 10.6. The van der Waals surface area contributed by atoms with E-state index in [1.165, 1.54) is 6.92 Å². The summed E-state index contributed by atoms with van der Waals surface area (Å²) >= 11 is 0.